The van der Waals surface area contributed by atoms with Crippen LogP contribution in [0.25, 0.3) is 0 Å². The topological polar surface area (TPSA) is 75.7 Å². The van der Waals surface area contributed by atoms with Gasteiger partial charge >= 0.3 is 0 Å². The van der Waals surface area contributed by atoms with Gasteiger partial charge in [-0.05, 0) is 56.9 Å². The minimum atomic E-state index is -3.61. The Balaban J connectivity index is 2.05. The number of carbonyl (C=O) groups excluding carboxylic acids is 1. The molecule has 0 aromatic heterocycles. The number of nitrogens with one attached hydrogen (secondary N) is 1. The number of sulfonamides is 1. The van der Waals surface area contributed by atoms with Crippen LogP contribution in [0.5, 0.6) is 5.75 Å². The molecule has 1 aliphatic heterocycles. The molecule has 27 heavy (non-hydrogen) atoms. The SMILES string of the molecule is CCCCCNC(=O)[C@@H]1CCCN(S(=O)(=O)c2ccc(OCC)c(C)c2)C1. The van der Waals surface area contributed by atoms with Gasteiger partial charge < -0.3 is 10.1 Å². The van der Waals surface area contributed by atoms with Gasteiger partial charge in [-0.15, -0.1) is 0 Å². The fourth-order valence-corrected chi connectivity index (χ4v) is 4.96. The average molecular weight is 397 g/mol. The minimum Gasteiger partial charge on any atom is -0.494 e. The maximum absolute atomic E-state index is 13.0. The zero-order valence-corrected chi connectivity index (χ0v) is 17.5. The van der Waals surface area contributed by atoms with Crippen LogP contribution in [0.2, 0.25) is 0 Å². The molecule has 0 saturated carbocycles. The molecular weight excluding hydrogens is 364 g/mol. The van der Waals surface area contributed by atoms with E-state index in [1.807, 2.05) is 13.8 Å². The first-order valence-electron chi connectivity index (χ1n) is 9.91. The lowest BCUT2D eigenvalue weighted by Crippen LogP contribution is -2.45. The molecule has 1 atom stereocenters. The Morgan fingerprint density at radius 2 is 2.07 bits per heavy atom. The summed E-state index contributed by atoms with van der Waals surface area (Å²) in [7, 11) is -3.61. The first-order valence-corrected chi connectivity index (χ1v) is 11.4. The van der Waals surface area contributed by atoms with E-state index in [-0.39, 0.29) is 23.3 Å². The molecule has 1 aromatic carbocycles. The maximum Gasteiger partial charge on any atom is 0.243 e. The molecule has 1 fully saturated rings. The van der Waals surface area contributed by atoms with Crippen molar-refractivity contribution >= 4 is 15.9 Å². The quantitative estimate of drug-likeness (QED) is 0.651. The van der Waals surface area contributed by atoms with Gasteiger partial charge in [0, 0.05) is 19.6 Å². The Kier molecular flexibility index (Phi) is 8.10. The van der Waals surface area contributed by atoms with Crippen molar-refractivity contribution in [3.63, 3.8) is 0 Å². The van der Waals surface area contributed by atoms with Crippen molar-refractivity contribution < 1.29 is 17.9 Å². The average Bonchev–Trinajstić information content (AvgIpc) is 2.67. The third-order valence-corrected chi connectivity index (χ3v) is 6.78. The van der Waals surface area contributed by atoms with E-state index in [4.69, 9.17) is 4.74 Å². The summed E-state index contributed by atoms with van der Waals surface area (Å²) >= 11 is 0. The van der Waals surface area contributed by atoms with Crippen LogP contribution in [0.3, 0.4) is 0 Å². The molecule has 0 unspecified atom stereocenters. The molecule has 7 heteroatoms. The number of unbranched alkanes of at least 4 members (excludes halogenated alkanes) is 2. The molecule has 0 bridgehead atoms. The van der Waals surface area contributed by atoms with Crippen molar-refractivity contribution in [2.24, 2.45) is 5.92 Å². The Labute approximate surface area is 163 Å². The summed E-state index contributed by atoms with van der Waals surface area (Å²) in [6.45, 7) is 7.75. The monoisotopic (exact) mass is 396 g/mol. The molecule has 2 rings (SSSR count). The van der Waals surface area contributed by atoms with Gasteiger partial charge in [0.15, 0.2) is 0 Å². The first kappa shape index (κ1) is 21.7. The predicted octanol–water partition coefficient (Wildman–Crippen LogP) is 3.10. The van der Waals surface area contributed by atoms with E-state index >= 15 is 0 Å². The van der Waals surface area contributed by atoms with Gasteiger partial charge in [-0.3, -0.25) is 4.79 Å². The fraction of sp³-hybridized carbons (Fsp3) is 0.650. The fourth-order valence-electron chi connectivity index (χ4n) is 3.35. The van der Waals surface area contributed by atoms with Gasteiger partial charge in [-0.2, -0.15) is 4.31 Å². The van der Waals surface area contributed by atoms with E-state index in [9.17, 15) is 13.2 Å². The van der Waals surface area contributed by atoms with Crippen LogP contribution in [0.15, 0.2) is 23.1 Å². The highest BCUT2D eigenvalue weighted by Crippen LogP contribution is 2.27. The number of ether oxygens (including phenoxy) is 1. The number of nitrogens with zero attached hydrogens (tertiary/aromatic N) is 1. The first-order chi connectivity index (χ1) is 12.9. The van der Waals surface area contributed by atoms with Crippen molar-refractivity contribution in [1.29, 1.82) is 0 Å². The van der Waals surface area contributed by atoms with Crippen LogP contribution in [-0.4, -0.2) is 44.9 Å². The summed E-state index contributed by atoms with van der Waals surface area (Å²) in [5.74, 6) is 0.382. The highest BCUT2D eigenvalue weighted by Gasteiger charge is 2.33. The second-order valence-corrected chi connectivity index (χ2v) is 9.00. The summed E-state index contributed by atoms with van der Waals surface area (Å²) in [6, 6.07) is 4.93. The van der Waals surface area contributed by atoms with E-state index in [0.717, 1.165) is 31.2 Å². The van der Waals surface area contributed by atoms with Crippen molar-refractivity contribution in [1.82, 2.24) is 9.62 Å². The van der Waals surface area contributed by atoms with Gasteiger partial charge in [0.1, 0.15) is 5.75 Å². The molecule has 152 valence electrons. The van der Waals surface area contributed by atoms with E-state index in [1.54, 1.807) is 18.2 Å². The van der Waals surface area contributed by atoms with Crippen LogP contribution in [-0.2, 0) is 14.8 Å². The summed E-state index contributed by atoms with van der Waals surface area (Å²) < 4.78 is 33.0. The van der Waals surface area contributed by atoms with E-state index in [0.29, 0.717) is 31.9 Å². The van der Waals surface area contributed by atoms with Crippen LogP contribution in [0.1, 0.15) is 51.5 Å². The lowest BCUT2D eigenvalue weighted by molar-refractivity contribution is -0.126. The lowest BCUT2D eigenvalue weighted by atomic mass is 9.99. The van der Waals surface area contributed by atoms with Crippen molar-refractivity contribution in [2.45, 2.75) is 57.8 Å². The summed E-state index contributed by atoms with van der Waals surface area (Å²) in [6.07, 6.45) is 4.58. The molecule has 0 radical (unpaired) electrons. The van der Waals surface area contributed by atoms with E-state index in [1.165, 1.54) is 4.31 Å². The maximum atomic E-state index is 13.0. The molecule has 1 N–H and O–H groups in total. The number of piperidine rings is 1. The molecular formula is C20H32N2O4S. The van der Waals surface area contributed by atoms with Crippen molar-refractivity contribution in [3.05, 3.63) is 23.8 Å². The van der Waals surface area contributed by atoms with Crippen LogP contribution in [0, 0.1) is 12.8 Å². The van der Waals surface area contributed by atoms with Gasteiger partial charge in [-0.25, -0.2) is 8.42 Å². The number of rotatable bonds is 9. The van der Waals surface area contributed by atoms with Gasteiger partial charge in [0.25, 0.3) is 0 Å². The van der Waals surface area contributed by atoms with Crippen molar-refractivity contribution in [3.8, 4) is 5.75 Å². The highest BCUT2D eigenvalue weighted by molar-refractivity contribution is 7.89. The molecule has 1 aliphatic rings. The standard InChI is InChI=1S/C20H32N2O4S/c1-4-6-7-12-21-20(23)17-9-8-13-22(15-17)27(24,25)18-10-11-19(26-5-2)16(3)14-18/h10-11,14,17H,4-9,12-13,15H2,1-3H3,(H,21,23)/t17-/m1/s1. The molecule has 1 amide bonds. The summed E-state index contributed by atoms with van der Waals surface area (Å²) in [4.78, 5) is 12.6. The number of carbonyl (C=O) groups is 1. The number of hydrogen-bond donors (Lipinski definition) is 1. The second kappa shape index (κ2) is 10.1. The third-order valence-electron chi connectivity index (χ3n) is 4.92. The number of amides is 1. The normalized spacial score (nSPS) is 18.3. The lowest BCUT2D eigenvalue weighted by Gasteiger charge is -2.31. The highest BCUT2D eigenvalue weighted by atomic mass is 32.2. The van der Waals surface area contributed by atoms with Crippen LogP contribution < -0.4 is 10.1 Å². The van der Waals surface area contributed by atoms with Crippen LogP contribution >= 0.6 is 0 Å². The van der Waals surface area contributed by atoms with E-state index < -0.39 is 10.0 Å². The molecule has 0 aliphatic carbocycles. The molecule has 1 saturated heterocycles. The van der Waals surface area contributed by atoms with Gasteiger partial charge in [-0.1, -0.05) is 19.8 Å². The third kappa shape index (κ3) is 5.69. The number of aryl methyl sites for hydroxylation is 1. The number of benzene rings is 1. The Bertz CT molecular complexity index is 733. The minimum absolute atomic E-state index is 0.0334. The smallest absolute Gasteiger partial charge is 0.243 e. The van der Waals surface area contributed by atoms with Crippen molar-refractivity contribution in [2.75, 3.05) is 26.2 Å². The Morgan fingerprint density at radius 3 is 2.74 bits per heavy atom. The summed E-state index contributed by atoms with van der Waals surface area (Å²) in [5.41, 5.74) is 0.792. The molecule has 0 spiro atoms. The summed E-state index contributed by atoms with van der Waals surface area (Å²) in [5, 5.41) is 2.95. The number of hydrogen-bond acceptors (Lipinski definition) is 4. The molecule has 1 heterocycles. The second-order valence-electron chi connectivity index (χ2n) is 7.06. The Hall–Kier alpha value is -1.60. The Morgan fingerprint density at radius 1 is 1.30 bits per heavy atom. The van der Waals surface area contributed by atoms with Gasteiger partial charge in [0.2, 0.25) is 15.9 Å². The largest absolute Gasteiger partial charge is 0.494 e. The van der Waals surface area contributed by atoms with Gasteiger partial charge in [0.05, 0.1) is 17.4 Å². The zero-order chi connectivity index (χ0) is 19.9. The molecule has 6 nitrogen and oxygen atoms in total. The molecule has 1 aromatic rings. The van der Waals surface area contributed by atoms with E-state index in [2.05, 4.69) is 12.2 Å². The zero-order valence-electron chi connectivity index (χ0n) is 16.7. The predicted molar refractivity (Wildman–Crippen MR) is 106 cm³/mol. The van der Waals surface area contributed by atoms with Crippen LogP contribution in [0.4, 0.5) is 0 Å².